The van der Waals surface area contributed by atoms with Gasteiger partial charge in [0.1, 0.15) is 16.5 Å². The molecule has 0 amide bonds. The minimum Gasteiger partial charge on any atom is -0.319 e. The van der Waals surface area contributed by atoms with Gasteiger partial charge in [-0.1, -0.05) is 113 Å². The molecule has 1 aliphatic carbocycles. The normalized spacial score (nSPS) is 21.8. The topological polar surface area (TPSA) is 48.1 Å². The average molecular weight is 469 g/mol. The Kier molecular flexibility index (Phi) is 8.89. The quantitative estimate of drug-likeness (QED) is 0.266. The minimum absolute atomic E-state index is 0.190. The smallest absolute Gasteiger partial charge is 0.118 e. The zero-order valence-electron chi connectivity index (χ0n) is 20.9. The Bertz CT molecular complexity index is 733. The first-order valence-corrected chi connectivity index (χ1v) is 19.3. The summed E-state index contributed by atoms with van der Waals surface area (Å²) in [5.74, 6) is 0. The molecule has 32 heavy (non-hydrogen) atoms. The van der Waals surface area contributed by atoms with Crippen molar-refractivity contribution in [3.05, 3.63) is 71.8 Å². The lowest BCUT2D eigenvalue weighted by Crippen LogP contribution is -2.59. The molecule has 4 atom stereocenters. The van der Waals surface area contributed by atoms with E-state index in [-0.39, 0.29) is 12.3 Å². The van der Waals surface area contributed by atoms with Crippen LogP contribution in [0.3, 0.4) is 0 Å². The van der Waals surface area contributed by atoms with Gasteiger partial charge in [0.25, 0.3) is 0 Å². The number of nitrogens with one attached hydrogen (secondary N) is 4. The molecular weight excluding hydrogens is 424 g/mol. The molecule has 2 aromatic rings. The van der Waals surface area contributed by atoms with Crippen LogP contribution in [0.5, 0.6) is 0 Å². The summed E-state index contributed by atoms with van der Waals surface area (Å²) in [6.07, 6.45) is 5.39. The third kappa shape index (κ3) is 8.25. The Labute approximate surface area is 198 Å². The summed E-state index contributed by atoms with van der Waals surface area (Å²) in [5, 5.41) is 8.09. The van der Waals surface area contributed by atoms with Crippen molar-refractivity contribution in [3.8, 4) is 0 Å². The summed E-state index contributed by atoms with van der Waals surface area (Å²) in [6.45, 7) is 14.3. The van der Waals surface area contributed by atoms with Crippen molar-refractivity contribution in [2.24, 2.45) is 0 Å². The lowest BCUT2D eigenvalue weighted by Gasteiger charge is -2.41. The van der Waals surface area contributed by atoms with E-state index in [1.807, 2.05) is 0 Å². The molecule has 0 saturated heterocycles. The van der Waals surface area contributed by atoms with Crippen LogP contribution in [-0.2, 0) is 0 Å². The molecule has 1 fully saturated rings. The molecule has 1 aliphatic rings. The van der Waals surface area contributed by atoms with E-state index in [0.29, 0.717) is 12.1 Å². The van der Waals surface area contributed by atoms with E-state index in [0.717, 1.165) is 0 Å². The van der Waals surface area contributed by atoms with Gasteiger partial charge in [-0.05, 0) is 24.0 Å². The van der Waals surface area contributed by atoms with Crippen LogP contribution in [0.2, 0.25) is 39.3 Å². The SMILES string of the molecule is C[Si](C)(C)NC(N[C@@H]1CCCC[C@H]1NC(N[Si](C)(C)C)c1ccccc1)c1ccccc1. The van der Waals surface area contributed by atoms with Gasteiger partial charge in [-0.2, -0.15) is 0 Å². The predicted octanol–water partition coefficient (Wildman–Crippen LogP) is 5.72. The summed E-state index contributed by atoms with van der Waals surface area (Å²) in [4.78, 5) is 7.91. The second-order valence-electron chi connectivity index (χ2n) is 11.3. The summed E-state index contributed by atoms with van der Waals surface area (Å²) in [5.41, 5.74) is 2.66. The van der Waals surface area contributed by atoms with Crippen molar-refractivity contribution >= 4 is 16.5 Å². The molecule has 3 rings (SSSR count). The van der Waals surface area contributed by atoms with Crippen molar-refractivity contribution in [2.75, 3.05) is 0 Å². The van der Waals surface area contributed by atoms with Crippen molar-refractivity contribution < 1.29 is 0 Å². The average Bonchev–Trinajstić information content (AvgIpc) is 2.73. The van der Waals surface area contributed by atoms with Gasteiger partial charge in [-0.3, -0.25) is 10.6 Å². The van der Waals surface area contributed by atoms with Crippen molar-refractivity contribution in [1.29, 1.82) is 0 Å². The molecule has 176 valence electrons. The highest BCUT2D eigenvalue weighted by atomic mass is 28.3. The molecular formula is C26H44N4Si2. The predicted molar refractivity (Wildman–Crippen MR) is 144 cm³/mol. The second kappa shape index (κ2) is 11.2. The second-order valence-corrected chi connectivity index (χ2v) is 20.9. The molecule has 0 aromatic heterocycles. The van der Waals surface area contributed by atoms with Gasteiger partial charge in [0, 0.05) is 12.1 Å². The van der Waals surface area contributed by atoms with E-state index in [9.17, 15) is 0 Å². The van der Waals surface area contributed by atoms with Crippen molar-refractivity contribution in [1.82, 2.24) is 20.6 Å². The van der Waals surface area contributed by atoms with Crippen LogP contribution in [0.1, 0.15) is 49.1 Å². The summed E-state index contributed by atoms with van der Waals surface area (Å²) >= 11 is 0. The first-order valence-electron chi connectivity index (χ1n) is 12.3. The Morgan fingerprint density at radius 3 is 1.25 bits per heavy atom. The van der Waals surface area contributed by atoms with Gasteiger partial charge in [0.05, 0.1) is 12.3 Å². The number of benzene rings is 2. The highest BCUT2D eigenvalue weighted by Gasteiger charge is 2.32. The van der Waals surface area contributed by atoms with E-state index < -0.39 is 16.5 Å². The maximum absolute atomic E-state index is 4.04. The third-order valence-electron chi connectivity index (χ3n) is 5.95. The lowest BCUT2D eigenvalue weighted by atomic mass is 9.89. The summed E-state index contributed by atoms with van der Waals surface area (Å²) in [7, 11) is -2.93. The van der Waals surface area contributed by atoms with Crippen LogP contribution in [0.4, 0.5) is 0 Å². The van der Waals surface area contributed by atoms with Gasteiger partial charge in [-0.25, -0.2) is 0 Å². The van der Waals surface area contributed by atoms with E-state index in [1.165, 1.54) is 36.8 Å². The van der Waals surface area contributed by atoms with E-state index in [2.05, 4.69) is 121 Å². The fourth-order valence-corrected chi connectivity index (χ4v) is 6.79. The van der Waals surface area contributed by atoms with Crippen LogP contribution in [-0.4, -0.2) is 28.6 Å². The molecule has 2 unspecified atom stereocenters. The van der Waals surface area contributed by atoms with E-state index in [4.69, 9.17) is 0 Å². The van der Waals surface area contributed by atoms with Gasteiger partial charge in [0.15, 0.2) is 0 Å². The maximum Gasteiger partial charge on any atom is 0.118 e. The Morgan fingerprint density at radius 1 is 0.594 bits per heavy atom. The van der Waals surface area contributed by atoms with Gasteiger partial charge in [0.2, 0.25) is 0 Å². The zero-order chi connectivity index (χ0) is 23.2. The van der Waals surface area contributed by atoms with Crippen LogP contribution >= 0.6 is 0 Å². The zero-order valence-corrected chi connectivity index (χ0v) is 22.9. The summed E-state index contributed by atoms with van der Waals surface area (Å²) in [6, 6.07) is 22.7. The first kappa shape index (κ1) is 25.3. The Morgan fingerprint density at radius 2 is 0.938 bits per heavy atom. The summed E-state index contributed by atoms with van der Waals surface area (Å²) < 4.78 is 0. The highest BCUT2D eigenvalue weighted by molar-refractivity contribution is 6.74. The fourth-order valence-electron chi connectivity index (χ4n) is 4.56. The van der Waals surface area contributed by atoms with Crippen LogP contribution < -0.4 is 20.6 Å². The molecule has 0 bridgehead atoms. The number of hydrogen-bond acceptors (Lipinski definition) is 4. The van der Waals surface area contributed by atoms with E-state index in [1.54, 1.807) is 0 Å². The van der Waals surface area contributed by atoms with Gasteiger partial charge in [-0.15, -0.1) is 0 Å². The monoisotopic (exact) mass is 468 g/mol. The molecule has 4 N–H and O–H groups in total. The van der Waals surface area contributed by atoms with E-state index >= 15 is 0 Å². The third-order valence-corrected chi connectivity index (χ3v) is 8.26. The molecule has 0 aliphatic heterocycles. The van der Waals surface area contributed by atoms with Crippen LogP contribution in [0, 0.1) is 0 Å². The first-order chi connectivity index (χ1) is 15.1. The van der Waals surface area contributed by atoms with Crippen molar-refractivity contribution in [2.45, 2.75) is 89.4 Å². The van der Waals surface area contributed by atoms with Crippen molar-refractivity contribution in [3.63, 3.8) is 0 Å². The number of hydrogen-bond donors (Lipinski definition) is 4. The Hall–Kier alpha value is -1.29. The van der Waals surface area contributed by atoms with Crippen LogP contribution in [0.15, 0.2) is 60.7 Å². The standard InChI is InChI=1S/C26H44N4Si2/c1-31(2,3)29-25(21-15-9-7-10-16-21)27-23-19-13-14-20-24(23)28-26(30-32(4,5)6)22-17-11-8-12-18-22/h7-12,15-18,23-30H,13-14,19-20H2,1-6H3/t23-,24-,25?,26?/m1/s1. The maximum atomic E-state index is 4.04. The molecule has 4 nitrogen and oxygen atoms in total. The van der Waals surface area contributed by atoms with Gasteiger partial charge >= 0.3 is 0 Å². The number of rotatable bonds is 10. The molecule has 0 spiro atoms. The Balaban J connectivity index is 1.80. The molecule has 1 saturated carbocycles. The molecule has 0 heterocycles. The molecule has 2 aromatic carbocycles. The molecule has 0 radical (unpaired) electrons. The lowest BCUT2D eigenvalue weighted by molar-refractivity contribution is 0.238. The largest absolute Gasteiger partial charge is 0.319 e. The highest BCUT2D eigenvalue weighted by Crippen LogP contribution is 2.25. The fraction of sp³-hybridized carbons (Fsp3) is 0.538. The van der Waals surface area contributed by atoms with Crippen LogP contribution in [0.25, 0.3) is 0 Å². The molecule has 6 heteroatoms. The minimum atomic E-state index is -1.47. The van der Waals surface area contributed by atoms with Gasteiger partial charge < -0.3 is 9.96 Å².